The van der Waals surface area contributed by atoms with Gasteiger partial charge in [-0.25, -0.2) is 0 Å². The van der Waals surface area contributed by atoms with E-state index < -0.39 is 0 Å². The Balaban J connectivity index is 1.61. The van der Waals surface area contributed by atoms with Crippen LogP contribution >= 0.6 is 0 Å². The number of rotatable bonds is 3. The van der Waals surface area contributed by atoms with Crippen LogP contribution in [0.15, 0.2) is 24.4 Å². The van der Waals surface area contributed by atoms with Gasteiger partial charge in [0.25, 0.3) is 0 Å². The molecule has 2 aliphatic heterocycles. The Kier molecular flexibility index (Phi) is 3.72. The van der Waals surface area contributed by atoms with Crippen LogP contribution < -0.4 is 5.32 Å². The van der Waals surface area contributed by atoms with Crippen molar-refractivity contribution < 1.29 is 4.79 Å². The van der Waals surface area contributed by atoms with Gasteiger partial charge in [-0.1, -0.05) is 6.07 Å². The van der Waals surface area contributed by atoms with Crippen molar-refractivity contribution >= 4 is 5.91 Å². The van der Waals surface area contributed by atoms with Crippen LogP contribution in [-0.2, 0) is 11.3 Å². The molecular formula is C15H22N4O. The summed E-state index contributed by atoms with van der Waals surface area (Å²) in [5.74, 6) is 0.754. The molecule has 2 aliphatic rings. The van der Waals surface area contributed by atoms with Crippen LogP contribution in [0.2, 0.25) is 0 Å². The Hall–Kier alpha value is -1.46. The summed E-state index contributed by atoms with van der Waals surface area (Å²) in [5.41, 5.74) is 1.12. The highest BCUT2D eigenvalue weighted by Crippen LogP contribution is 2.34. The fraction of sp³-hybridized carbons (Fsp3) is 0.600. The van der Waals surface area contributed by atoms with Gasteiger partial charge in [0.2, 0.25) is 5.91 Å². The van der Waals surface area contributed by atoms with Crippen molar-refractivity contribution in [1.29, 1.82) is 0 Å². The minimum Gasteiger partial charge on any atom is -0.358 e. The second-order valence-corrected chi connectivity index (χ2v) is 5.87. The van der Waals surface area contributed by atoms with E-state index in [0.29, 0.717) is 12.0 Å². The van der Waals surface area contributed by atoms with Gasteiger partial charge in [-0.15, -0.1) is 0 Å². The van der Waals surface area contributed by atoms with E-state index >= 15 is 0 Å². The molecule has 1 aromatic heterocycles. The molecule has 5 nitrogen and oxygen atoms in total. The SMILES string of the molecule is CNC(=O)[C@@H]1C[C@H]2CN(Cc3ccccn3)C[C@H]2N1C. The van der Waals surface area contributed by atoms with Crippen molar-refractivity contribution in [3.63, 3.8) is 0 Å². The molecule has 1 amide bonds. The van der Waals surface area contributed by atoms with Crippen LogP contribution in [-0.4, -0.2) is 60.0 Å². The fourth-order valence-corrected chi connectivity index (χ4v) is 3.63. The van der Waals surface area contributed by atoms with Crippen molar-refractivity contribution in [3.8, 4) is 0 Å². The van der Waals surface area contributed by atoms with Gasteiger partial charge in [0.05, 0.1) is 11.7 Å². The Morgan fingerprint density at radius 2 is 2.30 bits per heavy atom. The van der Waals surface area contributed by atoms with Gasteiger partial charge >= 0.3 is 0 Å². The summed E-state index contributed by atoms with van der Waals surface area (Å²) in [6, 6.07) is 6.61. The van der Waals surface area contributed by atoms with Crippen LogP contribution in [0, 0.1) is 5.92 Å². The molecule has 0 spiro atoms. The summed E-state index contributed by atoms with van der Waals surface area (Å²) in [6.07, 6.45) is 2.82. The first-order valence-electron chi connectivity index (χ1n) is 7.25. The first kappa shape index (κ1) is 13.5. The lowest BCUT2D eigenvalue weighted by molar-refractivity contribution is -0.125. The molecule has 0 bridgehead atoms. The summed E-state index contributed by atoms with van der Waals surface area (Å²) < 4.78 is 0. The molecule has 5 heteroatoms. The van der Waals surface area contributed by atoms with Crippen LogP contribution in [0.25, 0.3) is 0 Å². The molecule has 2 fully saturated rings. The summed E-state index contributed by atoms with van der Waals surface area (Å²) >= 11 is 0. The van der Waals surface area contributed by atoms with E-state index in [-0.39, 0.29) is 11.9 Å². The molecule has 3 rings (SSSR count). The maximum atomic E-state index is 11.9. The van der Waals surface area contributed by atoms with E-state index in [2.05, 4.69) is 33.2 Å². The minimum absolute atomic E-state index is 0.0481. The normalized spacial score (nSPS) is 30.4. The van der Waals surface area contributed by atoms with Crippen LogP contribution in [0.1, 0.15) is 12.1 Å². The first-order valence-corrected chi connectivity index (χ1v) is 7.25. The fourth-order valence-electron chi connectivity index (χ4n) is 3.63. The second kappa shape index (κ2) is 5.50. The van der Waals surface area contributed by atoms with Gasteiger partial charge in [-0.2, -0.15) is 0 Å². The lowest BCUT2D eigenvalue weighted by Crippen LogP contribution is -2.44. The van der Waals surface area contributed by atoms with Crippen molar-refractivity contribution in [2.45, 2.75) is 25.0 Å². The third-order valence-electron chi connectivity index (χ3n) is 4.68. The summed E-state index contributed by atoms with van der Waals surface area (Å²) in [6.45, 7) is 3.01. The van der Waals surface area contributed by atoms with Crippen molar-refractivity contribution in [2.24, 2.45) is 5.92 Å². The molecule has 20 heavy (non-hydrogen) atoms. The number of hydrogen-bond donors (Lipinski definition) is 1. The second-order valence-electron chi connectivity index (χ2n) is 5.87. The number of fused-ring (bicyclic) bond motifs is 1. The maximum absolute atomic E-state index is 11.9. The van der Waals surface area contributed by atoms with Gasteiger partial charge < -0.3 is 5.32 Å². The number of pyridine rings is 1. The highest BCUT2D eigenvalue weighted by molar-refractivity contribution is 5.81. The lowest BCUT2D eigenvalue weighted by atomic mass is 10.0. The standard InChI is InChI=1S/C15H22N4O/c1-16-15(20)13-7-11-8-19(10-14(11)18(13)2)9-12-5-3-4-6-17-12/h3-6,11,13-14H,7-10H2,1-2H3,(H,16,20)/t11-,13-,14+/m0/s1. The van der Waals surface area contributed by atoms with Gasteiger partial charge in [0.15, 0.2) is 0 Å². The minimum atomic E-state index is 0.0481. The molecule has 3 atom stereocenters. The molecule has 108 valence electrons. The highest BCUT2D eigenvalue weighted by Gasteiger charge is 2.46. The molecule has 0 aliphatic carbocycles. The number of nitrogens with one attached hydrogen (secondary N) is 1. The third kappa shape index (κ3) is 2.43. The Morgan fingerprint density at radius 3 is 2.95 bits per heavy atom. The summed E-state index contributed by atoms with van der Waals surface area (Å²) in [4.78, 5) is 20.9. The Bertz CT molecular complexity index is 478. The molecular weight excluding hydrogens is 252 g/mol. The van der Waals surface area contributed by atoms with Gasteiger partial charge in [-0.05, 0) is 31.5 Å². The zero-order valence-corrected chi connectivity index (χ0v) is 12.1. The van der Waals surface area contributed by atoms with E-state index in [9.17, 15) is 4.79 Å². The number of hydrogen-bond acceptors (Lipinski definition) is 4. The molecule has 0 saturated carbocycles. The van der Waals surface area contributed by atoms with Crippen LogP contribution in [0.3, 0.4) is 0 Å². The first-order chi connectivity index (χ1) is 9.69. The smallest absolute Gasteiger partial charge is 0.237 e. The number of aromatic nitrogens is 1. The van der Waals surface area contributed by atoms with Crippen LogP contribution in [0.5, 0.6) is 0 Å². The predicted octanol–water partition coefficient (Wildman–Crippen LogP) is 0.332. The summed E-state index contributed by atoms with van der Waals surface area (Å²) in [5, 5.41) is 2.77. The van der Waals surface area contributed by atoms with E-state index in [1.54, 1.807) is 7.05 Å². The van der Waals surface area contributed by atoms with E-state index in [1.807, 2.05) is 18.3 Å². The van der Waals surface area contributed by atoms with Crippen LogP contribution in [0.4, 0.5) is 0 Å². The molecule has 3 heterocycles. The number of amides is 1. The Labute approximate surface area is 120 Å². The quantitative estimate of drug-likeness (QED) is 0.863. The lowest BCUT2D eigenvalue weighted by Gasteiger charge is -2.25. The number of carbonyl (C=O) groups is 1. The van der Waals surface area contributed by atoms with Crippen molar-refractivity contribution in [2.75, 3.05) is 27.2 Å². The predicted molar refractivity (Wildman–Crippen MR) is 77.0 cm³/mol. The molecule has 0 radical (unpaired) electrons. The number of nitrogens with zero attached hydrogens (tertiary/aromatic N) is 3. The molecule has 1 N–H and O–H groups in total. The molecule has 0 unspecified atom stereocenters. The maximum Gasteiger partial charge on any atom is 0.237 e. The average Bonchev–Trinajstić information content (AvgIpc) is 2.99. The third-order valence-corrected chi connectivity index (χ3v) is 4.68. The number of likely N-dealkylation sites (tertiary alicyclic amines) is 2. The summed E-state index contributed by atoms with van der Waals surface area (Å²) in [7, 11) is 3.80. The molecule has 1 aromatic rings. The van der Waals surface area contributed by atoms with Crippen molar-refractivity contribution in [3.05, 3.63) is 30.1 Å². The average molecular weight is 274 g/mol. The Morgan fingerprint density at radius 1 is 1.45 bits per heavy atom. The number of carbonyl (C=O) groups excluding carboxylic acids is 1. The van der Waals surface area contributed by atoms with Gasteiger partial charge in [0, 0.05) is 38.9 Å². The van der Waals surface area contributed by atoms with Gasteiger partial charge in [-0.3, -0.25) is 19.6 Å². The van der Waals surface area contributed by atoms with E-state index in [1.165, 1.54) is 0 Å². The molecule has 2 saturated heterocycles. The largest absolute Gasteiger partial charge is 0.358 e. The monoisotopic (exact) mass is 274 g/mol. The van der Waals surface area contributed by atoms with Gasteiger partial charge in [0.1, 0.15) is 0 Å². The zero-order valence-electron chi connectivity index (χ0n) is 12.1. The molecule has 0 aromatic carbocycles. The highest BCUT2D eigenvalue weighted by atomic mass is 16.2. The van der Waals surface area contributed by atoms with E-state index in [4.69, 9.17) is 0 Å². The topological polar surface area (TPSA) is 48.5 Å². The zero-order chi connectivity index (χ0) is 14.1. The van der Waals surface area contributed by atoms with E-state index in [0.717, 1.165) is 31.7 Å². The van der Waals surface area contributed by atoms with Crippen molar-refractivity contribution in [1.82, 2.24) is 20.1 Å². The number of likely N-dealkylation sites (N-methyl/N-ethyl adjacent to an activating group) is 2.